The first-order valence-electron chi connectivity index (χ1n) is 10.5. The van der Waals surface area contributed by atoms with Crippen LogP contribution in [0.3, 0.4) is 0 Å². The second-order valence-electron chi connectivity index (χ2n) is 8.32. The number of carbonyl (C=O) groups excluding carboxylic acids is 3. The number of hydrogen-bond acceptors (Lipinski definition) is 6. The lowest BCUT2D eigenvalue weighted by atomic mass is 9.94. The van der Waals surface area contributed by atoms with Crippen molar-refractivity contribution in [2.75, 3.05) is 34.3 Å². The Balaban J connectivity index is 2.18. The molecule has 3 rings (SSSR count). The molecule has 1 atom stereocenters. The zero-order valence-electron chi connectivity index (χ0n) is 19.4. The molecular formula is C24H28BrN3O5. The van der Waals surface area contributed by atoms with Crippen molar-refractivity contribution in [2.24, 2.45) is 0 Å². The first kappa shape index (κ1) is 24.7. The summed E-state index contributed by atoms with van der Waals surface area (Å²) in [5.74, 6) is -2.29. The molecule has 2 aromatic rings. The number of rotatable bonds is 7. The Kier molecular flexibility index (Phi) is 7.44. The molecule has 1 aliphatic heterocycles. The number of H-pyrrole nitrogens is 1. The quantitative estimate of drug-likeness (QED) is 0.252. The number of esters is 1. The van der Waals surface area contributed by atoms with Gasteiger partial charge in [-0.15, -0.1) is 0 Å². The average Bonchev–Trinajstić information content (AvgIpc) is 3.20. The number of amides is 1. The van der Waals surface area contributed by atoms with E-state index in [1.54, 1.807) is 13.8 Å². The summed E-state index contributed by atoms with van der Waals surface area (Å²) < 4.78 is 5.60. The Hall–Kier alpha value is -2.91. The third-order valence-electron chi connectivity index (χ3n) is 5.77. The minimum atomic E-state index is -0.750. The number of likely N-dealkylation sites (tertiary alicyclic amines) is 1. The second kappa shape index (κ2) is 9.93. The fourth-order valence-corrected chi connectivity index (χ4v) is 4.65. The number of aliphatic hydroxyl groups excluding tert-OH is 1. The molecule has 1 fully saturated rings. The van der Waals surface area contributed by atoms with Crippen molar-refractivity contribution in [3.8, 4) is 0 Å². The molecule has 176 valence electrons. The highest BCUT2D eigenvalue weighted by Crippen LogP contribution is 2.41. The number of aromatic amines is 1. The number of nitrogens with one attached hydrogen (secondary N) is 1. The molecule has 1 aromatic heterocycles. The second-order valence-corrected chi connectivity index (χ2v) is 9.24. The highest BCUT2D eigenvalue weighted by atomic mass is 79.9. The van der Waals surface area contributed by atoms with E-state index < -0.39 is 23.7 Å². The topological polar surface area (TPSA) is 103 Å². The van der Waals surface area contributed by atoms with Gasteiger partial charge < -0.3 is 24.6 Å². The molecule has 1 amide bonds. The number of benzene rings is 1. The maximum atomic E-state index is 13.2. The smallest absolute Gasteiger partial charge is 0.354 e. The van der Waals surface area contributed by atoms with E-state index in [1.165, 1.54) is 12.0 Å². The SMILES string of the molecule is COC(=O)c1[nH]c(C)c(/C(O)=C2\C(=O)C(=O)N(CCCN(C)C)C2c2cccc(Br)c2)c1C. The number of ether oxygens (including phenoxy) is 1. The van der Waals surface area contributed by atoms with Crippen molar-refractivity contribution >= 4 is 39.3 Å². The number of Topliss-reactive ketones (excluding diaryl/α,β-unsaturated/α-hetero) is 1. The minimum Gasteiger partial charge on any atom is -0.507 e. The van der Waals surface area contributed by atoms with Gasteiger partial charge in [0.2, 0.25) is 0 Å². The van der Waals surface area contributed by atoms with E-state index in [2.05, 4.69) is 20.9 Å². The monoisotopic (exact) mass is 517 g/mol. The first-order valence-corrected chi connectivity index (χ1v) is 11.3. The van der Waals surface area contributed by atoms with Crippen LogP contribution in [0.2, 0.25) is 0 Å². The van der Waals surface area contributed by atoms with Crippen LogP contribution in [0, 0.1) is 13.8 Å². The van der Waals surface area contributed by atoms with Crippen molar-refractivity contribution in [3.63, 3.8) is 0 Å². The van der Waals surface area contributed by atoms with Crippen molar-refractivity contribution in [3.05, 3.63) is 62.4 Å². The van der Waals surface area contributed by atoms with Crippen molar-refractivity contribution in [1.29, 1.82) is 0 Å². The summed E-state index contributed by atoms with van der Waals surface area (Å²) in [6.45, 7) is 4.45. The molecule has 0 spiro atoms. The molecule has 8 nitrogen and oxygen atoms in total. The maximum absolute atomic E-state index is 13.2. The summed E-state index contributed by atoms with van der Waals surface area (Å²) in [6.07, 6.45) is 0.666. The Morgan fingerprint density at radius 3 is 2.58 bits per heavy atom. The maximum Gasteiger partial charge on any atom is 0.354 e. The Bertz CT molecular complexity index is 1140. The van der Waals surface area contributed by atoms with Gasteiger partial charge in [-0.1, -0.05) is 28.1 Å². The summed E-state index contributed by atoms with van der Waals surface area (Å²) >= 11 is 3.45. The molecule has 1 aromatic carbocycles. The molecule has 0 aliphatic carbocycles. The van der Waals surface area contributed by atoms with Crippen LogP contribution >= 0.6 is 15.9 Å². The summed E-state index contributed by atoms with van der Waals surface area (Å²) in [6, 6.07) is 6.58. The summed E-state index contributed by atoms with van der Waals surface area (Å²) in [7, 11) is 5.15. The number of aryl methyl sites for hydroxylation is 1. The number of aromatic nitrogens is 1. The van der Waals surface area contributed by atoms with E-state index >= 15 is 0 Å². The fourth-order valence-electron chi connectivity index (χ4n) is 4.24. The van der Waals surface area contributed by atoms with Gasteiger partial charge in [-0.05, 0) is 64.2 Å². The largest absolute Gasteiger partial charge is 0.507 e. The number of carbonyl (C=O) groups is 3. The fraction of sp³-hybridized carbons (Fsp3) is 0.375. The van der Waals surface area contributed by atoms with E-state index in [9.17, 15) is 19.5 Å². The predicted octanol–water partition coefficient (Wildman–Crippen LogP) is 3.55. The summed E-state index contributed by atoms with van der Waals surface area (Å²) in [5.41, 5.74) is 2.16. The number of hydrogen-bond donors (Lipinski definition) is 2. The first-order chi connectivity index (χ1) is 15.6. The zero-order chi connectivity index (χ0) is 24.4. The van der Waals surface area contributed by atoms with Crippen LogP contribution in [0.25, 0.3) is 5.76 Å². The van der Waals surface area contributed by atoms with Gasteiger partial charge in [0.1, 0.15) is 11.5 Å². The molecule has 33 heavy (non-hydrogen) atoms. The van der Waals surface area contributed by atoms with E-state index in [0.29, 0.717) is 35.3 Å². The lowest BCUT2D eigenvalue weighted by Gasteiger charge is -2.26. The van der Waals surface area contributed by atoms with Crippen LogP contribution in [0.4, 0.5) is 0 Å². The number of methoxy groups -OCH3 is 1. The van der Waals surface area contributed by atoms with Crippen LogP contribution in [-0.2, 0) is 14.3 Å². The molecule has 2 heterocycles. The number of nitrogens with zero attached hydrogens (tertiary/aromatic N) is 2. The average molecular weight is 518 g/mol. The zero-order valence-corrected chi connectivity index (χ0v) is 20.9. The van der Waals surface area contributed by atoms with E-state index in [0.717, 1.165) is 11.0 Å². The number of ketones is 1. The third-order valence-corrected chi connectivity index (χ3v) is 6.27. The Labute approximate surface area is 201 Å². The van der Waals surface area contributed by atoms with E-state index in [1.807, 2.05) is 43.3 Å². The van der Waals surface area contributed by atoms with Gasteiger partial charge in [-0.25, -0.2) is 4.79 Å². The Morgan fingerprint density at radius 2 is 1.97 bits per heavy atom. The number of halogens is 1. The van der Waals surface area contributed by atoms with Crippen molar-refractivity contribution in [2.45, 2.75) is 26.3 Å². The molecule has 9 heteroatoms. The van der Waals surface area contributed by atoms with Gasteiger partial charge >= 0.3 is 5.97 Å². The molecule has 1 saturated heterocycles. The van der Waals surface area contributed by atoms with Gasteiger partial charge in [-0.3, -0.25) is 9.59 Å². The number of aliphatic hydroxyl groups is 1. The molecule has 1 unspecified atom stereocenters. The van der Waals surface area contributed by atoms with Crippen LogP contribution < -0.4 is 0 Å². The van der Waals surface area contributed by atoms with E-state index in [-0.39, 0.29) is 17.0 Å². The molecule has 0 bridgehead atoms. The van der Waals surface area contributed by atoms with Gasteiger partial charge in [0.05, 0.1) is 18.7 Å². The van der Waals surface area contributed by atoms with Gasteiger partial charge in [0.25, 0.3) is 11.7 Å². The van der Waals surface area contributed by atoms with Crippen LogP contribution in [0.15, 0.2) is 34.3 Å². The van der Waals surface area contributed by atoms with Crippen LogP contribution in [0.5, 0.6) is 0 Å². The van der Waals surface area contributed by atoms with Gasteiger partial charge in [0, 0.05) is 22.3 Å². The van der Waals surface area contributed by atoms with Crippen molar-refractivity contribution < 1.29 is 24.2 Å². The summed E-state index contributed by atoms with van der Waals surface area (Å²) in [4.78, 5) is 44.8. The van der Waals surface area contributed by atoms with Crippen LogP contribution in [0.1, 0.15) is 45.3 Å². The molecule has 0 radical (unpaired) electrons. The molecule has 1 aliphatic rings. The lowest BCUT2D eigenvalue weighted by Crippen LogP contribution is -2.32. The standard InChI is InChI=1S/C24H28BrN3O5/c1-13-17(14(2)26-19(13)24(32)33-5)21(29)18-20(15-8-6-9-16(25)12-15)28(23(31)22(18)30)11-7-10-27(3)4/h6,8-9,12,20,26,29H,7,10-11H2,1-5H3/b21-18+. The molecule has 0 saturated carbocycles. The lowest BCUT2D eigenvalue weighted by molar-refractivity contribution is -0.139. The Morgan fingerprint density at radius 1 is 1.27 bits per heavy atom. The predicted molar refractivity (Wildman–Crippen MR) is 128 cm³/mol. The summed E-state index contributed by atoms with van der Waals surface area (Å²) in [5, 5.41) is 11.4. The third kappa shape index (κ3) is 4.74. The van der Waals surface area contributed by atoms with Crippen molar-refractivity contribution in [1.82, 2.24) is 14.8 Å². The van der Waals surface area contributed by atoms with E-state index in [4.69, 9.17) is 4.74 Å². The molecule has 2 N–H and O–H groups in total. The highest BCUT2D eigenvalue weighted by molar-refractivity contribution is 9.10. The molecular weight excluding hydrogens is 490 g/mol. The minimum absolute atomic E-state index is 0.00423. The van der Waals surface area contributed by atoms with Gasteiger partial charge in [-0.2, -0.15) is 0 Å². The highest BCUT2D eigenvalue weighted by Gasteiger charge is 2.46. The van der Waals surface area contributed by atoms with Crippen LogP contribution in [-0.4, -0.2) is 71.8 Å². The normalized spacial score (nSPS) is 17.8. The van der Waals surface area contributed by atoms with Gasteiger partial charge in [0.15, 0.2) is 0 Å².